The van der Waals surface area contributed by atoms with Crippen LogP contribution in [0.5, 0.6) is 0 Å². The average molecular weight is 296 g/mol. The fourth-order valence-electron chi connectivity index (χ4n) is 2.20. The predicted octanol–water partition coefficient (Wildman–Crippen LogP) is 2.79. The van der Waals surface area contributed by atoms with E-state index < -0.39 is 0 Å². The summed E-state index contributed by atoms with van der Waals surface area (Å²) in [6, 6.07) is 11.5. The molecule has 1 N–H and O–H groups in total. The molecule has 0 radical (unpaired) electrons. The number of nitrogens with one attached hydrogen (secondary N) is 1. The maximum atomic E-state index is 12.1. The van der Waals surface area contributed by atoms with Crippen molar-refractivity contribution in [3.63, 3.8) is 0 Å². The van der Waals surface area contributed by atoms with Gasteiger partial charge in [-0.2, -0.15) is 5.10 Å². The molecular formula is C16H16N4O2. The Labute approximate surface area is 127 Å². The number of benzene rings is 1. The van der Waals surface area contributed by atoms with Crippen molar-refractivity contribution in [1.82, 2.24) is 14.9 Å². The van der Waals surface area contributed by atoms with E-state index in [1.165, 1.54) is 5.56 Å². The van der Waals surface area contributed by atoms with Gasteiger partial charge in [-0.1, -0.05) is 35.0 Å². The van der Waals surface area contributed by atoms with Crippen LogP contribution in [0.1, 0.15) is 27.4 Å². The maximum absolute atomic E-state index is 12.1. The van der Waals surface area contributed by atoms with Crippen LogP contribution in [0, 0.1) is 13.8 Å². The number of carbonyl (C=O) groups excluding carboxylic acids is 1. The summed E-state index contributed by atoms with van der Waals surface area (Å²) in [6.07, 6.45) is 1.65. The van der Waals surface area contributed by atoms with Crippen LogP contribution in [0.4, 0.5) is 5.82 Å². The molecular weight excluding hydrogens is 280 g/mol. The van der Waals surface area contributed by atoms with Crippen molar-refractivity contribution in [3.8, 4) is 0 Å². The van der Waals surface area contributed by atoms with Crippen LogP contribution in [0.25, 0.3) is 0 Å². The van der Waals surface area contributed by atoms with E-state index in [0.717, 1.165) is 5.56 Å². The van der Waals surface area contributed by atoms with Crippen LogP contribution in [0.15, 0.2) is 47.1 Å². The van der Waals surface area contributed by atoms with Gasteiger partial charge in [-0.3, -0.25) is 4.79 Å². The molecule has 0 fully saturated rings. The van der Waals surface area contributed by atoms with Crippen molar-refractivity contribution < 1.29 is 9.32 Å². The molecule has 0 aliphatic heterocycles. The molecule has 3 aromatic rings. The summed E-state index contributed by atoms with van der Waals surface area (Å²) in [7, 11) is 0. The lowest BCUT2D eigenvalue weighted by Crippen LogP contribution is -2.15. The normalized spacial score (nSPS) is 10.6. The largest absolute Gasteiger partial charge is 0.351 e. The number of hydrogen-bond donors (Lipinski definition) is 1. The van der Waals surface area contributed by atoms with E-state index in [1.54, 1.807) is 29.9 Å². The summed E-state index contributed by atoms with van der Waals surface area (Å²) in [5.41, 5.74) is 2.97. The number of carbonyl (C=O) groups is 1. The van der Waals surface area contributed by atoms with Crippen molar-refractivity contribution in [1.29, 1.82) is 0 Å². The predicted molar refractivity (Wildman–Crippen MR) is 81.7 cm³/mol. The van der Waals surface area contributed by atoms with E-state index in [-0.39, 0.29) is 11.7 Å². The Morgan fingerprint density at radius 3 is 2.86 bits per heavy atom. The molecule has 0 atom stereocenters. The fraction of sp³-hybridized carbons (Fsp3) is 0.188. The Morgan fingerprint density at radius 1 is 1.27 bits per heavy atom. The second kappa shape index (κ2) is 5.85. The molecule has 0 spiro atoms. The van der Waals surface area contributed by atoms with Crippen LogP contribution in [-0.2, 0) is 6.54 Å². The summed E-state index contributed by atoms with van der Waals surface area (Å²) < 4.78 is 6.69. The lowest BCUT2D eigenvalue weighted by Gasteiger charge is -2.08. The van der Waals surface area contributed by atoms with Gasteiger partial charge < -0.3 is 9.84 Å². The van der Waals surface area contributed by atoms with Crippen LogP contribution in [0.2, 0.25) is 0 Å². The Balaban J connectivity index is 1.76. The molecule has 0 saturated carbocycles. The standard InChI is InChI=1S/C16H16N4O2/c1-11-4-3-5-13(8-11)10-20-15(6-7-17-20)18-16(21)14-9-12(2)19-22-14/h3-9H,10H2,1-2H3,(H,18,21). The molecule has 112 valence electrons. The highest BCUT2D eigenvalue weighted by atomic mass is 16.5. The molecule has 1 aromatic carbocycles. The van der Waals surface area contributed by atoms with Crippen LogP contribution in [-0.4, -0.2) is 20.8 Å². The molecule has 0 aliphatic rings. The van der Waals surface area contributed by atoms with Crippen molar-refractivity contribution >= 4 is 11.7 Å². The van der Waals surface area contributed by atoms with E-state index in [0.29, 0.717) is 18.1 Å². The van der Waals surface area contributed by atoms with E-state index in [9.17, 15) is 4.79 Å². The first kappa shape index (κ1) is 14.1. The second-order valence-corrected chi connectivity index (χ2v) is 5.15. The van der Waals surface area contributed by atoms with Crippen molar-refractivity contribution in [2.75, 3.05) is 5.32 Å². The number of anilines is 1. The van der Waals surface area contributed by atoms with Crippen LogP contribution in [0.3, 0.4) is 0 Å². The van der Waals surface area contributed by atoms with E-state index in [1.807, 2.05) is 25.1 Å². The molecule has 22 heavy (non-hydrogen) atoms. The lowest BCUT2D eigenvalue weighted by atomic mass is 10.1. The Hall–Kier alpha value is -2.89. The number of aryl methyl sites for hydroxylation is 2. The van der Waals surface area contributed by atoms with Gasteiger partial charge >= 0.3 is 0 Å². The molecule has 0 saturated heterocycles. The van der Waals surface area contributed by atoms with Gasteiger partial charge in [-0.05, 0) is 19.4 Å². The summed E-state index contributed by atoms with van der Waals surface area (Å²) in [6.45, 7) is 4.39. The highest BCUT2D eigenvalue weighted by molar-refractivity contribution is 6.01. The number of amides is 1. The first-order valence-corrected chi connectivity index (χ1v) is 6.94. The number of hydrogen-bond acceptors (Lipinski definition) is 4. The number of nitrogens with zero attached hydrogens (tertiary/aromatic N) is 3. The molecule has 0 unspecified atom stereocenters. The summed E-state index contributed by atoms with van der Waals surface area (Å²) in [4.78, 5) is 12.1. The molecule has 1 amide bonds. The lowest BCUT2D eigenvalue weighted by molar-refractivity contribution is 0.0987. The molecule has 6 nitrogen and oxygen atoms in total. The minimum atomic E-state index is -0.341. The third-order valence-corrected chi connectivity index (χ3v) is 3.22. The first-order valence-electron chi connectivity index (χ1n) is 6.94. The molecule has 3 rings (SSSR count). The van der Waals surface area contributed by atoms with Gasteiger partial charge in [0.2, 0.25) is 5.76 Å². The summed E-state index contributed by atoms with van der Waals surface area (Å²) in [5, 5.41) is 10.7. The summed E-state index contributed by atoms with van der Waals surface area (Å²) in [5.74, 6) is 0.452. The number of rotatable bonds is 4. The topological polar surface area (TPSA) is 73.0 Å². The SMILES string of the molecule is Cc1cccc(Cn2nccc2NC(=O)c2cc(C)no2)c1. The minimum Gasteiger partial charge on any atom is -0.351 e. The molecule has 2 aromatic heterocycles. The van der Waals surface area contributed by atoms with Gasteiger partial charge in [0.05, 0.1) is 18.4 Å². The molecule has 2 heterocycles. The third-order valence-electron chi connectivity index (χ3n) is 3.22. The second-order valence-electron chi connectivity index (χ2n) is 5.15. The average Bonchev–Trinajstić information content (AvgIpc) is 3.09. The quantitative estimate of drug-likeness (QED) is 0.803. The van der Waals surface area contributed by atoms with Crippen molar-refractivity contribution in [2.24, 2.45) is 0 Å². The zero-order valence-electron chi connectivity index (χ0n) is 12.4. The highest BCUT2D eigenvalue weighted by Crippen LogP contribution is 2.13. The zero-order valence-corrected chi connectivity index (χ0v) is 12.4. The first-order chi connectivity index (χ1) is 10.6. The third kappa shape index (κ3) is 3.06. The molecule has 0 bridgehead atoms. The maximum Gasteiger partial charge on any atom is 0.295 e. The minimum absolute atomic E-state index is 0.181. The van der Waals surface area contributed by atoms with Gasteiger partial charge in [-0.25, -0.2) is 4.68 Å². The smallest absolute Gasteiger partial charge is 0.295 e. The van der Waals surface area contributed by atoms with Gasteiger partial charge in [-0.15, -0.1) is 0 Å². The Morgan fingerprint density at radius 2 is 2.14 bits per heavy atom. The van der Waals surface area contributed by atoms with Gasteiger partial charge in [0, 0.05) is 12.1 Å². The molecule has 6 heteroatoms. The fourth-order valence-corrected chi connectivity index (χ4v) is 2.20. The van der Waals surface area contributed by atoms with Crippen LogP contribution < -0.4 is 5.32 Å². The van der Waals surface area contributed by atoms with Gasteiger partial charge in [0.15, 0.2) is 0 Å². The van der Waals surface area contributed by atoms with Crippen LogP contribution >= 0.6 is 0 Å². The Kier molecular flexibility index (Phi) is 3.74. The molecule has 0 aliphatic carbocycles. The van der Waals surface area contributed by atoms with Gasteiger partial charge in [0.1, 0.15) is 5.82 Å². The monoisotopic (exact) mass is 296 g/mol. The summed E-state index contributed by atoms with van der Waals surface area (Å²) >= 11 is 0. The zero-order chi connectivity index (χ0) is 15.5. The number of aromatic nitrogens is 3. The van der Waals surface area contributed by atoms with E-state index in [2.05, 4.69) is 21.6 Å². The van der Waals surface area contributed by atoms with E-state index in [4.69, 9.17) is 4.52 Å². The van der Waals surface area contributed by atoms with E-state index >= 15 is 0 Å². The highest BCUT2D eigenvalue weighted by Gasteiger charge is 2.14. The van der Waals surface area contributed by atoms with Crippen molar-refractivity contribution in [3.05, 3.63) is 65.2 Å². The van der Waals surface area contributed by atoms with Gasteiger partial charge in [0.25, 0.3) is 5.91 Å². The van der Waals surface area contributed by atoms with Crippen molar-refractivity contribution in [2.45, 2.75) is 20.4 Å². The Bertz CT molecular complexity index is 804.